The van der Waals surface area contributed by atoms with E-state index in [1.165, 1.54) is 4.90 Å². The Morgan fingerprint density at radius 1 is 1.42 bits per heavy atom. The van der Waals surface area contributed by atoms with Crippen LogP contribution in [0.1, 0.15) is 12.0 Å². The number of ether oxygens (including phenoxy) is 2. The highest BCUT2D eigenvalue weighted by Crippen LogP contribution is 2.23. The first-order valence-electron chi connectivity index (χ1n) is 8.48. The standard InChI is InChI=1S/C18H22N4O4/c1-25-16-6-3-2-5-14(16)11-22-15(12-26-18(22)24)17(23)20-7-4-9-21-10-8-19-13-21/h2-3,5-6,8,10,13,15H,4,7,9,11-12H2,1H3,(H,20,23)/t15-/m0/s1. The number of hydrogen-bond donors (Lipinski definition) is 1. The number of nitrogens with one attached hydrogen (secondary N) is 1. The Hall–Kier alpha value is -3.03. The molecule has 0 bridgehead atoms. The number of amides is 2. The van der Waals surface area contributed by atoms with Crippen LogP contribution < -0.4 is 10.1 Å². The van der Waals surface area contributed by atoms with Crippen molar-refractivity contribution in [2.24, 2.45) is 0 Å². The number of aromatic nitrogens is 2. The molecule has 1 saturated heterocycles. The molecule has 1 aromatic carbocycles. The molecule has 8 nitrogen and oxygen atoms in total. The quantitative estimate of drug-likeness (QED) is 0.722. The number of carbonyl (C=O) groups excluding carboxylic acids is 2. The minimum atomic E-state index is -0.638. The van der Waals surface area contributed by atoms with Gasteiger partial charge < -0.3 is 19.4 Å². The molecule has 3 rings (SSSR count). The summed E-state index contributed by atoms with van der Waals surface area (Å²) in [6.07, 6.45) is 5.61. The van der Waals surface area contributed by atoms with Crippen LogP contribution in [0.15, 0.2) is 43.0 Å². The van der Waals surface area contributed by atoms with Crippen molar-refractivity contribution in [3.63, 3.8) is 0 Å². The fraction of sp³-hybridized carbons (Fsp3) is 0.389. The van der Waals surface area contributed by atoms with Crippen molar-refractivity contribution in [1.29, 1.82) is 0 Å². The molecule has 1 N–H and O–H groups in total. The second-order valence-corrected chi connectivity index (χ2v) is 5.98. The monoisotopic (exact) mass is 358 g/mol. The molecule has 0 saturated carbocycles. The zero-order valence-electron chi connectivity index (χ0n) is 14.6. The highest BCUT2D eigenvalue weighted by Gasteiger charge is 2.38. The Morgan fingerprint density at radius 2 is 2.27 bits per heavy atom. The van der Waals surface area contributed by atoms with Gasteiger partial charge in [0.2, 0.25) is 5.91 Å². The Bertz CT molecular complexity index is 747. The molecule has 0 radical (unpaired) electrons. The van der Waals surface area contributed by atoms with Crippen molar-refractivity contribution in [2.45, 2.75) is 25.6 Å². The molecule has 8 heteroatoms. The van der Waals surface area contributed by atoms with E-state index in [-0.39, 0.29) is 19.1 Å². The molecule has 26 heavy (non-hydrogen) atoms. The molecule has 1 aliphatic rings. The summed E-state index contributed by atoms with van der Waals surface area (Å²) >= 11 is 0. The number of carbonyl (C=O) groups is 2. The fourth-order valence-corrected chi connectivity index (χ4v) is 2.87. The second kappa shape index (κ2) is 8.37. The number of cyclic esters (lactones) is 1. The van der Waals surface area contributed by atoms with Crippen molar-refractivity contribution >= 4 is 12.0 Å². The van der Waals surface area contributed by atoms with Crippen LogP contribution in [-0.4, -0.2) is 52.8 Å². The van der Waals surface area contributed by atoms with Crippen molar-refractivity contribution in [2.75, 3.05) is 20.3 Å². The average Bonchev–Trinajstić information content (AvgIpc) is 3.30. The summed E-state index contributed by atoms with van der Waals surface area (Å²) in [6, 6.07) is 6.77. The summed E-state index contributed by atoms with van der Waals surface area (Å²) in [5.74, 6) is 0.461. The topological polar surface area (TPSA) is 85.7 Å². The number of nitrogens with zero attached hydrogens (tertiary/aromatic N) is 3. The second-order valence-electron chi connectivity index (χ2n) is 5.98. The Kier molecular flexibility index (Phi) is 5.73. The van der Waals surface area contributed by atoms with E-state index in [0.29, 0.717) is 12.3 Å². The highest BCUT2D eigenvalue weighted by molar-refractivity contribution is 5.87. The lowest BCUT2D eigenvalue weighted by Crippen LogP contribution is -2.45. The molecule has 0 aliphatic carbocycles. The molecule has 2 amide bonds. The number of benzene rings is 1. The van der Waals surface area contributed by atoms with Gasteiger partial charge in [-0.05, 0) is 12.5 Å². The molecule has 1 aromatic heterocycles. The Morgan fingerprint density at radius 3 is 3.04 bits per heavy atom. The van der Waals surface area contributed by atoms with Gasteiger partial charge in [0.25, 0.3) is 0 Å². The minimum absolute atomic E-state index is 0.0569. The zero-order chi connectivity index (χ0) is 18.4. The first kappa shape index (κ1) is 17.8. The van der Waals surface area contributed by atoms with Crippen molar-refractivity contribution in [3.05, 3.63) is 48.5 Å². The van der Waals surface area contributed by atoms with E-state index in [2.05, 4.69) is 10.3 Å². The van der Waals surface area contributed by atoms with E-state index in [4.69, 9.17) is 9.47 Å². The zero-order valence-corrected chi connectivity index (χ0v) is 14.6. The summed E-state index contributed by atoms with van der Waals surface area (Å²) < 4.78 is 12.3. The van der Waals surface area contributed by atoms with Crippen LogP contribution in [-0.2, 0) is 22.6 Å². The van der Waals surface area contributed by atoms with Gasteiger partial charge in [-0.2, -0.15) is 0 Å². The molecule has 0 unspecified atom stereocenters. The maximum Gasteiger partial charge on any atom is 0.410 e. The van der Waals surface area contributed by atoms with Crippen molar-refractivity contribution in [1.82, 2.24) is 19.8 Å². The van der Waals surface area contributed by atoms with Gasteiger partial charge in [0.1, 0.15) is 18.4 Å². The van der Waals surface area contributed by atoms with Gasteiger partial charge in [0, 0.05) is 31.0 Å². The Labute approximate surface area is 151 Å². The lowest BCUT2D eigenvalue weighted by Gasteiger charge is -2.21. The van der Waals surface area contributed by atoms with E-state index < -0.39 is 12.1 Å². The van der Waals surface area contributed by atoms with Crippen LogP contribution in [0.25, 0.3) is 0 Å². The fourth-order valence-electron chi connectivity index (χ4n) is 2.87. The molecular weight excluding hydrogens is 336 g/mol. The molecule has 138 valence electrons. The molecule has 1 aliphatic heterocycles. The summed E-state index contributed by atoms with van der Waals surface area (Å²) in [7, 11) is 1.57. The van der Waals surface area contributed by atoms with Gasteiger partial charge in [-0.1, -0.05) is 18.2 Å². The summed E-state index contributed by atoms with van der Waals surface area (Å²) in [5, 5.41) is 2.87. The predicted octanol–water partition coefficient (Wildman–Crippen LogP) is 1.42. The van der Waals surface area contributed by atoms with Crippen molar-refractivity contribution in [3.8, 4) is 5.75 Å². The molecule has 2 heterocycles. The first-order chi connectivity index (χ1) is 12.7. The van der Waals surface area contributed by atoms with Gasteiger partial charge in [-0.3, -0.25) is 9.69 Å². The third-order valence-electron chi connectivity index (χ3n) is 4.26. The number of methoxy groups -OCH3 is 1. The summed E-state index contributed by atoms with van der Waals surface area (Å²) in [6.45, 7) is 1.60. The van der Waals surface area contributed by atoms with E-state index in [1.54, 1.807) is 19.6 Å². The van der Waals surface area contributed by atoms with E-state index in [9.17, 15) is 9.59 Å². The molecule has 1 atom stereocenters. The van der Waals surface area contributed by atoms with Gasteiger partial charge >= 0.3 is 6.09 Å². The Balaban J connectivity index is 1.55. The SMILES string of the molecule is COc1ccccc1CN1C(=O)OC[C@H]1C(=O)NCCCn1ccnc1. The lowest BCUT2D eigenvalue weighted by molar-refractivity contribution is -0.125. The summed E-state index contributed by atoms with van der Waals surface area (Å²) in [4.78, 5) is 29.9. The van der Waals surface area contributed by atoms with Crippen LogP contribution in [0.5, 0.6) is 5.75 Å². The number of rotatable bonds is 8. The van der Waals surface area contributed by atoms with Gasteiger partial charge in [-0.25, -0.2) is 9.78 Å². The maximum absolute atomic E-state index is 12.5. The van der Waals surface area contributed by atoms with Crippen LogP contribution in [0, 0.1) is 0 Å². The normalized spacial score (nSPS) is 16.4. The minimum Gasteiger partial charge on any atom is -0.496 e. The van der Waals surface area contributed by atoms with Crippen LogP contribution in [0.3, 0.4) is 0 Å². The third-order valence-corrected chi connectivity index (χ3v) is 4.26. The smallest absolute Gasteiger partial charge is 0.410 e. The highest BCUT2D eigenvalue weighted by atomic mass is 16.6. The number of hydrogen-bond acceptors (Lipinski definition) is 5. The van der Waals surface area contributed by atoms with E-state index >= 15 is 0 Å². The van der Waals surface area contributed by atoms with Crippen LogP contribution in [0.2, 0.25) is 0 Å². The lowest BCUT2D eigenvalue weighted by atomic mass is 10.1. The third kappa shape index (κ3) is 4.14. The van der Waals surface area contributed by atoms with E-state index in [0.717, 1.165) is 18.5 Å². The average molecular weight is 358 g/mol. The number of para-hydroxylation sites is 1. The van der Waals surface area contributed by atoms with Crippen molar-refractivity contribution < 1.29 is 19.1 Å². The first-order valence-corrected chi connectivity index (χ1v) is 8.48. The number of imidazole rings is 1. The van der Waals surface area contributed by atoms with Gasteiger partial charge in [0.15, 0.2) is 0 Å². The molecule has 0 spiro atoms. The molecular formula is C18H22N4O4. The molecule has 1 fully saturated rings. The van der Waals surface area contributed by atoms with Crippen LogP contribution in [0.4, 0.5) is 4.79 Å². The van der Waals surface area contributed by atoms with Crippen LogP contribution >= 0.6 is 0 Å². The van der Waals surface area contributed by atoms with Gasteiger partial charge in [-0.15, -0.1) is 0 Å². The number of aryl methyl sites for hydroxylation is 1. The van der Waals surface area contributed by atoms with E-state index in [1.807, 2.05) is 35.0 Å². The summed E-state index contributed by atoms with van der Waals surface area (Å²) in [5.41, 5.74) is 0.826. The van der Waals surface area contributed by atoms with Gasteiger partial charge in [0.05, 0.1) is 20.0 Å². The molecule has 2 aromatic rings. The largest absolute Gasteiger partial charge is 0.496 e. The maximum atomic E-state index is 12.5. The predicted molar refractivity (Wildman–Crippen MR) is 93.5 cm³/mol.